The highest BCUT2D eigenvalue weighted by atomic mass is 79.9. The molecule has 1 aromatic carbocycles. The van der Waals surface area contributed by atoms with E-state index in [1.54, 1.807) is 39.0 Å². The molecule has 116 valence electrons. The highest BCUT2D eigenvalue weighted by Crippen LogP contribution is 2.27. The Morgan fingerprint density at radius 3 is 2.52 bits per heavy atom. The number of rotatable bonds is 5. The number of carbonyl (C=O) groups excluding carboxylic acids is 1. The van der Waals surface area contributed by atoms with Gasteiger partial charge in [0.2, 0.25) is 0 Å². The molecule has 1 aromatic rings. The number of hydrogen-bond donors (Lipinski definition) is 2. The van der Waals surface area contributed by atoms with Crippen molar-refractivity contribution < 1.29 is 19.4 Å². The molecule has 5 nitrogen and oxygen atoms in total. The van der Waals surface area contributed by atoms with Crippen molar-refractivity contribution in [2.75, 3.05) is 6.61 Å². The third-order valence-corrected chi connectivity index (χ3v) is 3.46. The van der Waals surface area contributed by atoms with Crippen molar-refractivity contribution in [2.45, 2.75) is 26.8 Å². The number of carboxylic acid groups (broad SMARTS) is 1. The third kappa shape index (κ3) is 5.55. The standard InChI is InChI=1S/C14H17BrClNO4/c1-14(2,3)12(13(19)20)17-11(18)7-21-10-5-4-8(15)6-9(10)16/h4-6,12H,7H2,1-3H3,(H,17,18)(H,19,20). The van der Waals surface area contributed by atoms with Crippen LogP contribution in [0.3, 0.4) is 0 Å². The van der Waals surface area contributed by atoms with Crippen molar-refractivity contribution in [1.29, 1.82) is 0 Å². The molecular weight excluding hydrogens is 362 g/mol. The molecule has 1 unspecified atom stereocenters. The van der Waals surface area contributed by atoms with Crippen LogP contribution >= 0.6 is 27.5 Å². The molecular formula is C14H17BrClNO4. The molecule has 0 aliphatic rings. The lowest BCUT2D eigenvalue weighted by atomic mass is 9.87. The monoisotopic (exact) mass is 377 g/mol. The summed E-state index contributed by atoms with van der Waals surface area (Å²) in [6.45, 7) is 4.90. The summed E-state index contributed by atoms with van der Waals surface area (Å²) in [5, 5.41) is 11.9. The van der Waals surface area contributed by atoms with E-state index in [1.807, 2.05) is 0 Å². The van der Waals surface area contributed by atoms with E-state index in [1.165, 1.54) is 0 Å². The minimum atomic E-state index is -1.09. The van der Waals surface area contributed by atoms with Crippen LogP contribution in [0.15, 0.2) is 22.7 Å². The molecule has 1 amide bonds. The number of carbonyl (C=O) groups is 2. The van der Waals surface area contributed by atoms with Gasteiger partial charge in [0, 0.05) is 4.47 Å². The minimum absolute atomic E-state index is 0.304. The fourth-order valence-electron chi connectivity index (χ4n) is 1.59. The second kappa shape index (κ2) is 7.13. The summed E-state index contributed by atoms with van der Waals surface area (Å²) >= 11 is 9.22. The van der Waals surface area contributed by atoms with E-state index in [9.17, 15) is 9.59 Å². The predicted molar refractivity (Wildman–Crippen MR) is 83.7 cm³/mol. The van der Waals surface area contributed by atoms with Crippen molar-refractivity contribution in [3.05, 3.63) is 27.7 Å². The zero-order valence-electron chi connectivity index (χ0n) is 11.9. The van der Waals surface area contributed by atoms with E-state index in [2.05, 4.69) is 21.2 Å². The van der Waals surface area contributed by atoms with E-state index < -0.39 is 23.3 Å². The molecule has 0 heterocycles. The molecule has 7 heteroatoms. The molecule has 1 rings (SSSR count). The predicted octanol–water partition coefficient (Wildman–Crippen LogP) is 3.10. The van der Waals surface area contributed by atoms with E-state index in [-0.39, 0.29) is 6.61 Å². The van der Waals surface area contributed by atoms with E-state index in [0.29, 0.717) is 10.8 Å². The molecule has 1 atom stereocenters. The largest absolute Gasteiger partial charge is 0.482 e. The van der Waals surface area contributed by atoms with Crippen molar-refractivity contribution in [2.24, 2.45) is 5.41 Å². The van der Waals surface area contributed by atoms with Gasteiger partial charge in [0.25, 0.3) is 5.91 Å². The number of benzene rings is 1. The van der Waals surface area contributed by atoms with Gasteiger partial charge in [0.05, 0.1) is 5.02 Å². The molecule has 0 bridgehead atoms. The summed E-state index contributed by atoms with van der Waals surface area (Å²) < 4.78 is 6.08. The van der Waals surface area contributed by atoms with Crippen LogP contribution in [0.2, 0.25) is 5.02 Å². The second-order valence-electron chi connectivity index (χ2n) is 5.57. The van der Waals surface area contributed by atoms with Gasteiger partial charge in [-0.2, -0.15) is 0 Å². The summed E-state index contributed by atoms with van der Waals surface area (Å²) in [5.74, 6) is -1.24. The van der Waals surface area contributed by atoms with Gasteiger partial charge < -0.3 is 15.2 Å². The summed E-state index contributed by atoms with van der Waals surface area (Å²) in [6, 6.07) is 4.00. The van der Waals surface area contributed by atoms with Crippen molar-refractivity contribution in [3.63, 3.8) is 0 Å². The Balaban J connectivity index is 2.63. The Bertz CT molecular complexity index is 542. The molecule has 2 N–H and O–H groups in total. The third-order valence-electron chi connectivity index (χ3n) is 2.67. The highest BCUT2D eigenvalue weighted by Gasteiger charge is 2.32. The maximum Gasteiger partial charge on any atom is 0.326 e. The van der Waals surface area contributed by atoms with E-state index in [4.69, 9.17) is 21.4 Å². The Hall–Kier alpha value is -1.27. The van der Waals surface area contributed by atoms with Gasteiger partial charge in [0.15, 0.2) is 6.61 Å². The van der Waals surface area contributed by atoms with Crippen LogP contribution in [0.25, 0.3) is 0 Å². The average Bonchev–Trinajstić information content (AvgIpc) is 2.33. The topological polar surface area (TPSA) is 75.6 Å². The lowest BCUT2D eigenvalue weighted by Crippen LogP contribution is -2.50. The number of amides is 1. The second-order valence-corrected chi connectivity index (χ2v) is 6.89. The lowest BCUT2D eigenvalue weighted by molar-refractivity contribution is -0.145. The number of nitrogens with one attached hydrogen (secondary N) is 1. The minimum Gasteiger partial charge on any atom is -0.482 e. The highest BCUT2D eigenvalue weighted by molar-refractivity contribution is 9.10. The molecule has 0 spiro atoms. The maximum atomic E-state index is 11.8. The van der Waals surface area contributed by atoms with Crippen LogP contribution < -0.4 is 10.1 Å². The van der Waals surface area contributed by atoms with Gasteiger partial charge >= 0.3 is 5.97 Å². The SMILES string of the molecule is CC(C)(C)C(NC(=O)COc1ccc(Br)cc1Cl)C(=O)O. The molecule has 0 saturated carbocycles. The van der Waals surface area contributed by atoms with Crippen LogP contribution in [0.5, 0.6) is 5.75 Å². The Labute approximate surface area is 136 Å². The van der Waals surface area contributed by atoms with Crippen LogP contribution in [0, 0.1) is 5.41 Å². The average molecular weight is 379 g/mol. The summed E-state index contributed by atoms with van der Waals surface area (Å²) in [6.07, 6.45) is 0. The molecule has 0 saturated heterocycles. The Morgan fingerprint density at radius 2 is 2.05 bits per heavy atom. The molecule has 0 aliphatic heterocycles. The zero-order valence-corrected chi connectivity index (χ0v) is 14.3. The molecule has 0 fully saturated rings. The first kappa shape index (κ1) is 17.8. The number of aliphatic carboxylic acids is 1. The van der Waals surface area contributed by atoms with Gasteiger partial charge in [-0.15, -0.1) is 0 Å². The Morgan fingerprint density at radius 1 is 1.43 bits per heavy atom. The smallest absolute Gasteiger partial charge is 0.326 e. The van der Waals surface area contributed by atoms with Gasteiger partial charge in [-0.1, -0.05) is 48.3 Å². The zero-order chi connectivity index (χ0) is 16.2. The van der Waals surface area contributed by atoms with Crippen LogP contribution in [-0.4, -0.2) is 29.6 Å². The van der Waals surface area contributed by atoms with Crippen molar-refractivity contribution in [3.8, 4) is 5.75 Å². The van der Waals surface area contributed by atoms with Crippen LogP contribution in [0.1, 0.15) is 20.8 Å². The number of hydrogen-bond acceptors (Lipinski definition) is 3. The molecule has 21 heavy (non-hydrogen) atoms. The normalized spacial score (nSPS) is 12.6. The van der Waals surface area contributed by atoms with Crippen molar-refractivity contribution in [1.82, 2.24) is 5.32 Å². The van der Waals surface area contributed by atoms with Crippen molar-refractivity contribution >= 4 is 39.4 Å². The Kier molecular flexibility index (Phi) is 6.04. The van der Waals surface area contributed by atoms with Gasteiger partial charge in [-0.05, 0) is 23.6 Å². The first-order valence-electron chi connectivity index (χ1n) is 6.21. The molecule has 0 aromatic heterocycles. The molecule has 0 aliphatic carbocycles. The first-order chi connectivity index (χ1) is 9.61. The number of ether oxygens (including phenoxy) is 1. The fraction of sp³-hybridized carbons (Fsp3) is 0.429. The summed E-state index contributed by atoms with van der Waals surface area (Å²) in [4.78, 5) is 23.0. The van der Waals surface area contributed by atoms with Gasteiger partial charge in [0.1, 0.15) is 11.8 Å². The maximum absolute atomic E-state index is 11.8. The summed E-state index contributed by atoms with van der Waals surface area (Å²) in [5.41, 5.74) is -0.600. The number of halogens is 2. The quantitative estimate of drug-likeness (QED) is 0.825. The van der Waals surface area contributed by atoms with Crippen LogP contribution in [-0.2, 0) is 9.59 Å². The fourth-order valence-corrected chi connectivity index (χ4v) is 2.31. The van der Waals surface area contributed by atoms with E-state index >= 15 is 0 Å². The number of carboxylic acids is 1. The van der Waals surface area contributed by atoms with Crippen LogP contribution in [0.4, 0.5) is 0 Å². The lowest BCUT2D eigenvalue weighted by Gasteiger charge is -2.27. The molecule has 0 radical (unpaired) electrons. The van der Waals surface area contributed by atoms with Gasteiger partial charge in [-0.3, -0.25) is 4.79 Å². The first-order valence-corrected chi connectivity index (χ1v) is 7.38. The van der Waals surface area contributed by atoms with Gasteiger partial charge in [-0.25, -0.2) is 4.79 Å². The van der Waals surface area contributed by atoms with E-state index in [0.717, 1.165) is 4.47 Å². The summed E-state index contributed by atoms with van der Waals surface area (Å²) in [7, 11) is 0.